The zero-order chi connectivity index (χ0) is 13.4. The first-order valence-electron chi connectivity index (χ1n) is 5.61. The van der Waals surface area contributed by atoms with Gasteiger partial charge < -0.3 is 10.8 Å². The van der Waals surface area contributed by atoms with Crippen molar-refractivity contribution in [3.05, 3.63) is 48.0 Å². The molecule has 1 aromatic carbocycles. The average Bonchev–Trinajstić information content (AvgIpc) is 2.84. The summed E-state index contributed by atoms with van der Waals surface area (Å²) >= 11 is 0. The topological polar surface area (TPSA) is 93.5 Å². The summed E-state index contributed by atoms with van der Waals surface area (Å²) in [6, 6.07) is 11.8. The van der Waals surface area contributed by atoms with Crippen LogP contribution in [0.3, 0.4) is 0 Å². The van der Waals surface area contributed by atoms with Crippen LogP contribution in [-0.2, 0) is 0 Å². The normalized spacial score (nSPS) is 10.7. The summed E-state index contributed by atoms with van der Waals surface area (Å²) in [6.07, 6.45) is 0. The predicted molar refractivity (Wildman–Crippen MR) is 69.8 cm³/mol. The summed E-state index contributed by atoms with van der Waals surface area (Å²) in [4.78, 5) is 15.5. The van der Waals surface area contributed by atoms with Crippen LogP contribution in [0.15, 0.2) is 42.5 Å². The smallest absolute Gasteiger partial charge is 0.336 e. The van der Waals surface area contributed by atoms with Crippen LogP contribution < -0.4 is 5.73 Å². The molecule has 3 N–H and O–H groups in total. The highest BCUT2D eigenvalue weighted by Crippen LogP contribution is 2.21. The van der Waals surface area contributed by atoms with E-state index in [1.807, 2.05) is 0 Å². The second kappa shape index (κ2) is 4.09. The first kappa shape index (κ1) is 11.2. The molecule has 0 amide bonds. The van der Waals surface area contributed by atoms with E-state index in [1.165, 1.54) is 10.6 Å². The van der Waals surface area contributed by atoms with Crippen molar-refractivity contribution in [2.45, 2.75) is 0 Å². The molecule has 19 heavy (non-hydrogen) atoms. The van der Waals surface area contributed by atoms with Crippen molar-refractivity contribution in [1.82, 2.24) is 14.6 Å². The van der Waals surface area contributed by atoms with Gasteiger partial charge in [0.2, 0.25) is 0 Å². The minimum absolute atomic E-state index is 0.164. The fourth-order valence-corrected chi connectivity index (χ4v) is 1.90. The zero-order valence-corrected chi connectivity index (χ0v) is 9.82. The lowest BCUT2D eigenvalue weighted by molar-refractivity contribution is 0.0697. The summed E-state index contributed by atoms with van der Waals surface area (Å²) in [5.74, 6) is -0.220. The lowest BCUT2D eigenvalue weighted by Gasteiger charge is -2.00. The summed E-state index contributed by atoms with van der Waals surface area (Å²) in [7, 11) is 0. The van der Waals surface area contributed by atoms with Crippen LogP contribution in [0.5, 0.6) is 0 Å². The van der Waals surface area contributed by atoms with Crippen molar-refractivity contribution < 1.29 is 9.90 Å². The molecule has 3 aromatic rings. The lowest BCUT2D eigenvalue weighted by Crippen LogP contribution is -2.00. The Balaban J connectivity index is 2.25. The fourth-order valence-electron chi connectivity index (χ4n) is 1.90. The van der Waals surface area contributed by atoms with Gasteiger partial charge in [0.1, 0.15) is 5.82 Å². The summed E-state index contributed by atoms with van der Waals surface area (Å²) < 4.78 is 1.48. The maximum Gasteiger partial charge on any atom is 0.336 e. The highest BCUT2D eigenvalue weighted by molar-refractivity contribution is 5.95. The number of hydrogen-bond acceptors (Lipinski definition) is 4. The number of nitrogen functional groups attached to an aromatic ring is 1. The average molecular weight is 254 g/mol. The molecule has 0 aliphatic carbocycles. The number of benzene rings is 1. The highest BCUT2D eigenvalue weighted by atomic mass is 16.4. The number of pyridine rings is 1. The third-order valence-corrected chi connectivity index (χ3v) is 2.79. The highest BCUT2D eigenvalue weighted by Gasteiger charge is 2.15. The van der Waals surface area contributed by atoms with Gasteiger partial charge in [-0.3, -0.25) is 0 Å². The molecule has 3 rings (SSSR count). The first-order valence-corrected chi connectivity index (χ1v) is 5.61. The SMILES string of the molecule is Nc1cccc2nc(-c3ccccc3C(=O)O)nn12. The van der Waals surface area contributed by atoms with Crippen molar-refractivity contribution in [3.8, 4) is 11.4 Å². The molecule has 2 heterocycles. The second-order valence-electron chi connectivity index (χ2n) is 4.01. The number of carboxylic acids is 1. The molecule has 0 bridgehead atoms. The van der Waals surface area contributed by atoms with E-state index in [4.69, 9.17) is 10.8 Å². The standard InChI is InChI=1S/C13H10N4O2/c14-10-6-3-7-11-15-12(16-17(10)11)8-4-1-2-5-9(8)13(18)19/h1-7H,14H2,(H,18,19). The van der Waals surface area contributed by atoms with Crippen molar-refractivity contribution in [3.63, 3.8) is 0 Å². The van der Waals surface area contributed by atoms with E-state index in [2.05, 4.69) is 10.1 Å². The van der Waals surface area contributed by atoms with Crippen LogP contribution in [0.25, 0.3) is 17.0 Å². The van der Waals surface area contributed by atoms with Gasteiger partial charge in [-0.25, -0.2) is 9.78 Å². The number of rotatable bonds is 2. The van der Waals surface area contributed by atoms with Crippen LogP contribution in [0.4, 0.5) is 5.82 Å². The summed E-state index contributed by atoms with van der Waals surface area (Å²) in [6.45, 7) is 0. The Morgan fingerprint density at radius 2 is 1.95 bits per heavy atom. The third kappa shape index (κ3) is 1.79. The Hall–Kier alpha value is -2.89. The molecule has 0 radical (unpaired) electrons. The molecular formula is C13H10N4O2. The Labute approximate surface area is 108 Å². The van der Waals surface area contributed by atoms with Crippen LogP contribution in [0, 0.1) is 0 Å². The molecule has 94 valence electrons. The molecule has 0 saturated heterocycles. The van der Waals surface area contributed by atoms with E-state index in [-0.39, 0.29) is 5.56 Å². The Kier molecular flexibility index (Phi) is 2.42. The van der Waals surface area contributed by atoms with Gasteiger partial charge >= 0.3 is 5.97 Å². The van der Waals surface area contributed by atoms with E-state index in [1.54, 1.807) is 36.4 Å². The molecule has 0 atom stereocenters. The molecule has 6 heteroatoms. The maximum atomic E-state index is 11.2. The van der Waals surface area contributed by atoms with Gasteiger partial charge in [0, 0.05) is 5.56 Å². The van der Waals surface area contributed by atoms with Gasteiger partial charge in [0.25, 0.3) is 0 Å². The van der Waals surface area contributed by atoms with Crippen molar-refractivity contribution >= 4 is 17.4 Å². The summed E-state index contributed by atoms with van der Waals surface area (Å²) in [5, 5.41) is 13.4. The van der Waals surface area contributed by atoms with Gasteiger partial charge in [0.15, 0.2) is 11.5 Å². The number of nitrogens with two attached hydrogens (primary N) is 1. The Morgan fingerprint density at radius 1 is 1.16 bits per heavy atom. The Bertz CT molecular complexity index is 779. The number of fused-ring (bicyclic) bond motifs is 1. The van der Waals surface area contributed by atoms with Gasteiger partial charge in [-0.2, -0.15) is 4.52 Å². The summed E-state index contributed by atoms with van der Waals surface area (Å²) in [5.41, 5.74) is 7.00. The van der Waals surface area contributed by atoms with E-state index >= 15 is 0 Å². The number of anilines is 1. The zero-order valence-electron chi connectivity index (χ0n) is 9.82. The van der Waals surface area contributed by atoms with Crippen molar-refractivity contribution in [2.24, 2.45) is 0 Å². The van der Waals surface area contributed by atoms with Gasteiger partial charge in [-0.15, -0.1) is 5.10 Å². The number of aromatic carboxylic acids is 1. The first-order chi connectivity index (χ1) is 9.16. The largest absolute Gasteiger partial charge is 0.478 e. The fraction of sp³-hybridized carbons (Fsp3) is 0. The second-order valence-corrected chi connectivity index (χ2v) is 4.01. The molecular weight excluding hydrogens is 244 g/mol. The van der Waals surface area contributed by atoms with E-state index in [0.29, 0.717) is 22.9 Å². The number of carbonyl (C=O) groups is 1. The maximum absolute atomic E-state index is 11.2. The van der Waals surface area contributed by atoms with E-state index in [0.717, 1.165) is 0 Å². The predicted octanol–water partition coefficient (Wildman–Crippen LogP) is 1.68. The number of aromatic nitrogens is 3. The molecule has 0 fully saturated rings. The molecule has 6 nitrogen and oxygen atoms in total. The van der Waals surface area contributed by atoms with Crippen molar-refractivity contribution in [1.29, 1.82) is 0 Å². The minimum atomic E-state index is -1.01. The third-order valence-electron chi connectivity index (χ3n) is 2.79. The van der Waals surface area contributed by atoms with Gasteiger partial charge in [-0.1, -0.05) is 24.3 Å². The lowest BCUT2D eigenvalue weighted by atomic mass is 10.1. The molecule has 0 saturated carbocycles. The molecule has 0 aliphatic rings. The molecule has 0 unspecified atom stereocenters. The van der Waals surface area contributed by atoms with Crippen molar-refractivity contribution in [2.75, 3.05) is 5.73 Å². The molecule has 0 spiro atoms. The number of nitrogens with zero attached hydrogens (tertiary/aromatic N) is 3. The number of hydrogen-bond donors (Lipinski definition) is 2. The minimum Gasteiger partial charge on any atom is -0.478 e. The van der Waals surface area contributed by atoms with Crippen LogP contribution >= 0.6 is 0 Å². The van der Waals surface area contributed by atoms with E-state index in [9.17, 15) is 4.79 Å². The number of carboxylic acid groups (broad SMARTS) is 1. The van der Waals surface area contributed by atoms with Crippen LogP contribution in [0.1, 0.15) is 10.4 Å². The van der Waals surface area contributed by atoms with Gasteiger partial charge in [0.05, 0.1) is 5.56 Å². The Morgan fingerprint density at radius 3 is 2.68 bits per heavy atom. The molecule has 2 aromatic heterocycles. The van der Waals surface area contributed by atoms with Gasteiger partial charge in [-0.05, 0) is 18.2 Å². The quantitative estimate of drug-likeness (QED) is 0.725. The molecule has 0 aliphatic heterocycles. The van der Waals surface area contributed by atoms with Crippen LogP contribution in [0.2, 0.25) is 0 Å². The van der Waals surface area contributed by atoms with E-state index < -0.39 is 5.97 Å². The monoisotopic (exact) mass is 254 g/mol. The van der Waals surface area contributed by atoms with Crippen LogP contribution in [-0.4, -0.2) is 25.7 Å².